The van der Waals surface area contributed by atoms with Crippen molar-refractivity contribution in [3.05, 3.63) is 42.2 Å². The number of fused-ring (bicyclic) bond motifs is 1. The van der Waals surface area contributed by atoms with Gasteiger partial charge in [0.1, 0.15) is 0 Å². The van der Waals surface area contributed by atoms with Crippen molar-refractivity contribution in [1.82, 2.24) is 4.98 Å². The van der Waals surface area contributed by atoms with Gasteiger partial charge in [-0.2, -0.15) is 0 Å². The van der Waals surface area contributed by atoms with Crippen LogP contribution in [0.2, 0.25) is 0 Å². The molecule has 0 saturated heterocycles. The van der Waals surface area contributed by atoms with Crippen molar-refractivity contribution in [1.29, 1.82) is 0 Å². The van der Waals surface area contributed by atoms with E-state index in [1.165, 1.54) is 0 Å². The number of benzene rings is 1. The van der Waals surface area contributed by atoms with Gasteiger partial charge in [-0.15, -0.1) is 0 Å². The number of rotatable bonds is 4. The fourth-order valence-electron chi connectivity index (χ4n) is 2.14. The molecule has 0 aliphatic heterocycles. The van der Waals surface area contributed by atoms with Crippen LogP contribution in [-0.4, -0.2) is 16.1 Å². The highest BCUT2D eigenvalue weighted by Gasteiger charge is 2.20. The highest BCUT2D eigenvalue weighted by atomic mass is 16.4. The molecule has 0 saturated carbocycles. The number of carbonyl (C=O) groups is 1. The molecule has 1 aromatic carbocycles. The lowest BCUT2D eigenvalue weighted by atomic mass is 9.91. The van der Waals surface area contributed by atoms with Crippen LogP contribution in [0, 0.1) is 0 Å². The molecular weight excluding hydrogens is 214 g/mol. The number of carboxylic acids is 1. The summed E-state index contributed by atoms with van der Waals surface area (Å²) in [5.41, 5.74) is 0.866. The number of aliphatic carboxylic acids is 1. The largest absolute Gasteiger partial charge is 0.481 e. The Morgan fingerprint density at radius 2 is 2.24 bits per heavy atom. The number of aromatic nitrogens is 1. The van der Waals surface area contributed by atoms with Crippen LogP contribution in [0.25, 0.3) is 10.8 Å². The van der Waals surface area contributed by atoms with Gasteiger partial charge in [0.05, 0.1) is 5.92 Å². The third-order valence-corrected chi connectivity index (χ3v) is 2.97. The Balaban J connectivity index is 2.56. The number of nitrogens with zero attached hydrogens (tertiary/aromatic N) is 1. The highest BCUT2D eigenvalue weighted by molar-refractivity contribution is 5.90. The predicted octanol–water partition coefficient (Wildman–Crippen LogP) is 3.20. The maximum Gasteiger partial charge on any atom is 0.310 e. The Kier molecular flexibility index (Phi) is 3.38. The van der Waals surface area contributed by atoms with E-state index in [0.717, 1.165) is 22.8 Å². The Labute approximate surface area is 100 Å². The normalized spacial score (nSPS) is 12.5. The topological polar surface area (TPSA) is 50.2 Å². The monoisotopic (exact) mass is 229 g/mol. The van der Waals surface area contributed by atoms with Gasteiger partial charge < -0.3 is 5.11 Å². The standard InChI is InChI=1S/C14H15NO2/c1-2-4-12(14(16)17)11-6-3-5-10-7-8-15-9-13(10)11/h3,5-9,12H,2,4H2,1H3,(H,16,17). The lowest BCUT2D eigenvalue weighted by molar-refractivity contribution is -0.138. The number of hydrogen-bond acceptors (Lipinski definition) is 2. The summed E-state index contributed by atoms with van der Waals surface area (Å²) < 4.78 is 0. The summed E-state index contributed by atoms with van der Waals surface area (Å²) in [6.45, 7) is 2.00. The molecule has 2 aromatic rings. The summed E-state index contributed by atoms with van der Waals surface area (Å²) in [7, 11) is 0. The molecule has 1 atom stereocenters. The minimum absolute atomic E-state index is 0.437. The second kappa shape index (κ2) is 4.95. The zero-order chi connectivity index (χ0) is 12.3. The predicted molar refractivity (Wildman–Crippen MR) is 67.0 cm³/mol. The van der Waals surface area contributed by atoms with Crippen molar-refractivity contribution in [2.45, 2.75) is 25.7 Å². The number of pyridine rings is 1. The van der Waals surface area contributed by atoms with Crippen LogP contribution in [0.1, 0.15) is 31.2 Å². The molecule has 2 rings (SSSR count). The Morgan fingerprint density at radius 3 is 2.94 bits per heavy atom. The first-order valence-electron chi connectivity index (χ1n) is 5.79. The number of hydrogen-bond donors (Lipinski definition) is 1. The van der Waals surface area contributed by atoms with Gasteiger partial charge in [-0.3, -0.25) is 9.78 Å². The van der Waals surface area contributed by atoms with E-state index in [1.807, 2.05) is 31.2 Å². The molecule has 0 fully saturated rings. The zero-order valence-corrected chi connectivity index (χ0v) is 9.76. The SMILES string of the molecule is CCCC(C(=O)O)c1cccc2ccncc12. The van der Waals surface area contributed by atoms with E-state index in [1.54, 1.807) is 12.4 Å². The van der Waals surface area contributed by atoms with Gasteiger partial charge in [0.2, 0.25) is 0 Å². The molecule has 0 amide bonds. The van der Waals surface area contributed by atoms with E-state index in [4.69, 9.17) is 0 Å². The summed E-state index contributed by atoms with van der Waals surface area (Å²) >= 11 is 0. The van der Waals surface area contributed by atoms with Crippen LogP contribution in [0.4, 0.5) is 0 Å². The lowest BCUT2D eigenvalue weighted by Gasteiger charge is -2.13. The zero-order valence-electron chi connectivity index (χ0n) is 9.76. The smallest absolute Gasteiger partial charge is 0.310 e. The molecule has 1 aromatic heterocycles. The molecule has 17 heavy (non-hydrogen) atoms. The van der Waals surface area contributed by atoms with Gasteiger partial charge in [-0.1, -0.05) is 31.5 Å². The molecule has 1 unspecified atom stereocenters. The number of carboxylic acid groups (broad SMARTS) is 1. The van der Waals surface area contributed by atoms with Gasteiger partial charge in [0.25, 0.3) is 0 Å². The summed E-state index contributed by atoms with van der Waals surface area (Å²) in [5, 5.41) is 11.3. The average Bonchev–Trinajstić information content (AvgIpc) is 2.35. The molecule has 0 radical (unpaired) electrons. The summed E-state index contributed by atoms with van der Waals surface area (Å²) in [4.78, 5) is 15.4. The summed E-state index contributed by atoms with van der Waals surface area (Å²) in [5.74, 6) is -1.20. The molecule has 0 bridgehead atoms. The average molecular weight is 229 g/mol. The van der Waals surface area contributed by atoms with E-state index < -0.39 is 11.9 Å². The summed E-state index contributed by atoms with van der Waals surface area (Å²) in [6.07, 6.45) is 4.98. The van der Waals surface area contributed by atoms with Crippen LogP contribution >= 0.6 is 0 Å². The van der Waals surface area contributed by atoms with Crippen molar-refractivity contribution in [2.75, 3.05) is 0 Å². The van der Waals surface area contributed by atoms with Gasteiger partial charge in [-0.25, -0.2) is 0 Å². The van der Waals surface area contributed by atoms with Crippen LogP contribution in [0.15, 0.2) is 36.7 Å². The van der Waals surface area contributed by atoms with E-state index in [9.17, 15) is 9.90 Å². The van der Waals surface area contributed by atoms with E-state index >= 15 is 0 Å². The molecular formula is C14H15NO2. The van der Waals surface area contributed by atoms with Crippen LogP contribution in [0.3, 0.4) is 0 Å². The highest BCUT2D eigenvalue weighted by Crippen LogP contribution is 2.28. The molecule has 3 nitrogen and oxygen atoms in total. The minimum Gasteiger partial charge on any atom is -0.481 e. The van der Waals surface area contributed by atoms with Gasteiger partial charge in [0, 0.05) is 17.8 Å². The molecule has 3 heteroatoms. The first kappa shape index (κ1) is 11.6. The first-order valence-corrected chi connectivity index (χ1v) is 5.79. The van der Waals surface area contributed by atoms with Crippen LogP contribution in [-0.2, 0) is 4.79 Å². The van der Waals surface area contributed by atoms with Crippen molar-refractivity contribution in [3.63, 3.8) is 0 Å². The molecule has 1 heterocycles. The van der Waals surface area contributed by atoms with Gasteiger partial charge >= 0.3 is 5.97 Å². The van der Waals surface area contributed by atoms with E-state index in [2.05, 4.69) is 4.98 Å². The maximum atomic E-state index is 11.3. The fourth-order valence-corrected chi connectivity index (χ4v) is 2.14. The summed E-state index contributed by atoms with van der Waals surface area (Å²) in [6, 6.07) is 7.68. The second-order valence-electron chi connectivity index (χ2n) is 4.12. The first-order chi connectivity index (χ1) is 8.24. The maximum absolute atomic E-state index is 11.3. The van der Waals surface area contributed by atoms with E-state index in [-0.39, 0.29) is 0 Å². The molecule has 0 aliphatic carbocycles. The van der Waals surface area contributed by atoms with Crippen molar-refractivity contribution < 1.29 is 9.90 Å². The third kappa shape index (κ3) is 2.28. The minimum atomic E-state index is -0.761. The van der Waals surface area contributed by atoms with Crippen molar-refractivity contribution in [3.8, 4) is 0 Å². The second-order valence-corrected chi connectivity index (χ2v) is 4.12. The van der Waals surface area contributed by atoms with Crippen LogP contribution in [0.5, 0.6) is 0 Å². The van der Waals surface area contributed by atoms with Crippen molar-refractivity contribution in [2.24, 2.45) is 0 Å². The quantitative estimate of drug-likeness (QED) is 0.875. The fraction of sp³-hybridized carbons (Fsp3) is 0.286. The van der Waals surface area contributed by atoms with Crippen LogP contribution < -0.4 is 0 Å². The Hall–Kier alpha value is -1.90. The molecule has 0 aliphatic rings. The molecule has 1 N–H and O–H groups in total. The lowest BCUT2D eigenvalue weighted by Crippen LogP contribution is -2.11. The third-order valence-electron chi connectivity index (χ3n) is 2.97. The van der Waals surface area contributed by atoms with E-state index in [0.29, 0.717) is 6.42 Å². The molecule has 88 valence electrons. The Morgan fingerprint density at radius 1 is 1.41 bits per heavy atom. The molecule has 0 spiro atoms. The van der Waals surface area contributed by atoms with Crippen molar-refractivity contribution >= 4 is 16.7 Å². The Bertz CT molecular complexity index is 531. The van der Waals surface area contributed by atoms with Gasteiger partial charge in [-0.05, 0) is 23.4 Å². The van der Waals surface area contributed by atoms with Gasteiger partial charge in [0.15, 0.2) is 0 Å².